The smallest absolute Gasteiger partial charge is 0.300 e. The minimum absolute atomic E-state index is 0.0920. The van der Waals surface area contributed by atoms with Crippen LogP contribution in [0, 0.1) is 16.2 Å². The van der Waals surface area contributed by atoms with E-state index in [1.165, 1.54) is 0 Å². The van der Waals surface area contributed by atoms with Crippen molar-refractivity contribution in [3.05, 3.63) is 34.4 Å². The average molecular weight is 191 g/mol. The molecule has 1 radical (unpaired) electrons. The molecule has 14 heavy (non-hydrogen) atoms. The Labute approximate surface area is 82.3 Å². The molecule has 4 heteroatoms. The topological polar surface area (TPSA) is 46.4 Å². The zero-order valence-electron chi connectivity index (χ0n) is 7.77. The second-order valence-corrected chi connectivity index (χ2v) is 3.36. The van der Waals surface area contributed by atoms with Gasteiger partial charge in [0.15, 0.2) is 0 Å². The SMILES string of the molecule is O=[N+]([O-])c1[c]cccc1N1CCCC1. The Morgan fingerprint density at radius 1 is 1.43 bits per heavy atom. The highest BCUT2D eigenvalue weighted by atomic mass is 16.6. The number of nitro groups is 1. The van der Waals surface area contributed by atoms with Crippen molar-refractivity contribution in [2.24, 2.45) is 0 Å². The first-order chi connectivity index (χ1) is 6.79. The molecule has 0 spiro atoms. The minimum atomic E-state index is -0.367. The maximum absolute atomic E-state index is 10.7. The Kier molecular flexibility index (Phi) is 2.35. The molecule has 1 saturated heterocycles. The summed E-state index contributed by atoms with van der Waals surface area (Å²) in [4.78, 5) is 12.4. The van der Waals surface area contributed by atoms with Crippen LogP contribution in [0.25, 0.3) is 0 Å². The molecule has 4 nitrogen and oxygen atoms in total. The first-order valence-electron chi connectivity index (χ1n) is 4.69. The Hall–Kier alpha value is -1.58. The van der Waals surface area contributed by atoms with E-state index >= 15 is 0 Å². The fourth-order valence-electron chi connectivity index (χ4n) is 1.78. The summed E-state index contributed by atoms with van der Waals surface area (Å²) in [7, 11) is 0. The predicted molar refractivity (Wildman–Crippen MR) is 53.4 cm³/mol. The van der Waals surface area contributed by atoms with E-state index in [4.69, 9.17) is 0 Å². The van der Waals surface area contributed by atoms with Gasteiger partial charge in [-0.25, -0.2) is 0 Å². The molecule has 0 amide bonds. The molecule has 0 aliphatic carbocycles. The second kappa shape index (κ2) is 3.65. The van der Waals surface area contributed by atoms with Crippen LogP contribution in [-0.2, 0) is 0 Å². The molecule has 0 N–H and O–H groups in total. The van der Waals surface area contributed by atoms with Crippen molar-refractivity contribution in [1.29, 1.82) is 0 Å². The number of rotatable bonds is 2. The van der Waals surface area contributed by atoms with Crippen LogP contribution < -0.4 is 4.90 Å². The van der Waals surface area contributed by atoms with E-state index in [2.05, 4.69) is 11.0 Å². The van der Waals surface area contributed by atoms with Crippen molar-refractivity contribution in [1.82, 2.24) is 0 Å². The summed E-state index contributed by atoms with van der Waals surface area (Å²) in [6.45, 7) is 1.83. The molecule has 1 aliphatic heterocycles. The first-order valence-corrected chi connectivity index (χ1v) is 4.69. The van der Waals surface area contributed by atoms with Crippen molar-refractivity contribution in [3.8, 4) is 0 Å². The summed E-state index contributed by atoms with van der Waals surface area (Å²) >= 11 is 0. The lowest BCUT2D eigenvalue weighted by atomic mass is 10.2. The summed E-state index contributed by atoms with van der Waals surface area (Å²) in [5.41, 5.74) is 0.796. The Balaban J connectivity index is 2.35. The van der Waals surface area contributed by atoms with Crippen molar-refractivity contribution in [3.63, 3.8) is 0 Å². The highest BCUT2D eigenvalue weighted by Gasteiger charge is 2.21. The van der Waals surface area contributed by atoms with E-state index in [1.807, 2.05) is 0 Å². The van der Waals surface area contributed by atoms with Gasteiger partial charge in [0.05, 0.1) is 11.0 Å². The Morgan fingerprint density at radius 2 is 2.14 bits per heavy atom. The fraction of sp³-hybridized carbons (Fsp3) is 0.400. The monoisotopic (exact) mass is 191 g/mol. The molecule has 73 valence electrons. The van der Waals surface area contributed by atoms with E-state index < -0.39 is 0 Å². The molecule has 1 aromatic carbocycles. The summed E-state index contributed by atoms with van der Waals surface area (Å²) < 4.78 is 0. The van der Waals surface area contributed by atoms with E-state index in [0.717, 1.165) is 25.9 Å². The Bertz CT molecular complexity index is 346. The lowest BCUT2D eigenvalue weighted by Crippen LogP contribution is -2.18. The van der Waals surface area contributed by atoms with Crippen LogP contribution in [0.2, 0.25) is 0 Å². The molecule has 1 fully saturated rings. The highest BCUT2D eigenvalue weighted by molar-refractivity contribution is 5.62. The fourth-order valence-corrected chi connectivity index (χ4v) is 1.78. The molecular weight excluding hydrogens is 180 g/mol. The number of para-hydroxylation sites is 1. The van der Waals surface area contributed by atoms with E-state index in [1.54, 1.807) is 18.2 Å². The number of nitro benzene ring substituents is 1. The summed E-state index contributed by atoms with van der Waals surface area (Å²) in [6.07, 6.45) is 2.23. The van der Waals surface area contributed by atoms with Gasteiger partial charge in [-0.3, -0.25) is 10.1 Å². The van der Waals surface area contributed by atoms with Gasteiger partial charge in [0.25, 0.3) is 0 Å². The second-order valence-electron chi connectivity index (χ2n) is 3.36. The average Bonchev–Trinajstić information content (AvgIpc) is 2.70. The third-order valence-electron chi connectivity index (χ3n) is 2.44. The molecular formula is C10H11N2O2. The molecule has 1 aromatic rings. The quantitative estimate of drug-likeness (QED) is 0.530. The van der Waals surface area contributed by atoms with Crippen molar-refractivity contribution in [2.45, 2.75) is 12.8 Å². The lowest BCUT2D eigenvalue weighted by Gasteiger charge is -2.16. The van der Waals surface area contributed by atoms with Gasteiger partial charge < -0.3 is 4.90 Å². The van der Waals surface area contributed by atoms with Gasteiger partial charge >= 0.3 is 5.69 Å². The molecule has 0 bridgehead atoms. The van der Waals surface area contributed by atoms with E-state index in [9.17, 15) is 10.1 Å². The van der Waals surface area contributed by atoms with Gasteiger partial charge in [0.1, 0.15) is 5.69 Å². The zero-order chi connectivity index (χ0) is 9.97. The number of anilines is 1. The normalized spacial score (nSPS) is 15.9. The Morgan fingerprint density at radius 3 is 2.79 bits per heavy atom. The molecule has 0 aromatic heterocycles. The largest absolute Gasteiger partial charge is 0.366 e. The molecule has 2 rings (SSSR count). The number of hydrogen-bond donors (Lipinski definition) is 0. The summed E-state index contributed by atoms with van der Waals surface area (Å²) in [5.74, 6) is 0. The standard InChI is InChI=1S/C10H11N2O2/c13-12(14)10-6-2-1-5-9(10)11-7-3-4-8-11/h1-2,5H,3-4,7-8H2. The lowest BCUT2D eigenvalue weighted by molar-refractivity contribution is -0.384. The van der Waals surface area contributed by atoms with Gasteiger partial charge in [0, 0.05) is 13.1 Å². The summed E-state index contributed by atoms with van der Waals surface area (Å²) in [5, 5.41) is 10.7. The van der Waals surface area contributed by atoms with Crippen LogP contribution in [0.3, 0.4) is 0 Å². The molecule has 1 aliphatic rings. The van der Waals surface area contributed by atoms with Gasteiger partial charge in [0.2, 0.25) is 0 Å². The van der Waals surface area contributed by atoms with Crippen molar-refractivity contribution < 1.29 is 4.92 Å². The maximum atomic E-state index is 10.7. The van der Waals surface area contributed by atoms with Crippen LogP contribution in [0.5, 0.6) is 0 Å². The van der Waals surface area contributed by atoms with Gasteiger partial charge in [-0.2, -0.15) is 0 Å². The van der Waals surface area contributed by atoms with E-state index in [0.29, 0.717) is 5.69 Å². The molecule has 0 saturated carbocycles. The predicted octanol–water partition coefficient (Wildman–Crippen LogP) is 2.00. The zero-order valence-corrected chi connectivity index (χ0v) is 7.77. The maximum Gasteiger partial charge on any atom is 0.300 e. The third-order valence-corrected chi connectivity index (χ3v) is 2.44. The third kappa shape index (κ3) is 1.55. The van der Waals surface area contributed by atoms with Crippen molar-refractivity contribution in [2.75, 3.05) is 18.0 Å². The summed E-state index contributed by atoms with van der Waals surface area (Å²) in [6, 6.07) is 7.84. The first kappa shape index (κ1) is 8.99. The van der Waals surface area contributed by atoms with Crippen LogP contribution in [0.15, 0.2) is 18.2 Å². The van der Waals surface area contributed by atoms with Gasteiger partial charge in [-0.1, -0.05) is 6.07 Å². The molecule has 0 atom stereocenters. The minimum Gasteiger partial charge on any atom is -0.366 e. The van der Waals surface area contributed by atoms with Crippen LogP contribution >= 0.6 is 0 Å². The number of nitrogens with zero attached hydrogens (tertiary/aromatic N) is 2. The molecule has 0 unspecified atom stereocenters. The molecule has 1 heterocycles. The number of hydrogen-bond acceptors (Lipinski definition) is 3. The van der Waals surface area contributed by atoms with Crippen LogP contribution in [-0.4, -0.2) is 18.0 Å². The van der Waals surface area contributed by atoms with Crippen molar-refractivity contribution >= 4 is 11.4 Å². The number of benzene rings is 1. The van der Waals surface area contributed by atoms with Gasteiger partial charge in [-0.05, 0) is 25.0 Å². The van der Waals surface area contributed by atoms with Crippen LogP contribution in [0.1, 0.15) is 12.8 Å². The van der Waals surface area contributed by atoms with Gasteiger partial charge in [-0.15, -0.1) is 0 Å². The van der Waals surface area contributed by atoms with E-state index in [-0.39, 0.29) is 10.6 Å². The van der Waals surface area contributed by atoms with Crippen LogP contribution in [0.4, 0.5) is 11.4 Å². The highest BCUT2D eigenvalue weighted by Crippen LogP contribution is 2.29.